The van der Waals surface area contributed by atoms with Crippen LogP contribution in [0.2, 0.25) is 0 Å². The number of nitrogens with two attached hydrogens (primary N) is 1. The first-order chi connectivity index (χ1) is 8.99. The average molecular weight is 270 g/mol. The summed E-state index contributed by atoms with van der Waals surface area (Å²) >= 11 is 0. The summed E-state index contributed by atoms with van der Waals surface area (Å²) < 4.78 is 0. The minimum atomic E-state index is -0.210. The van der Waals surface area contributed by atoms with Crippen molar-refractivity contribution in [2.75, 3.05) is 39.3 Å². The fourth-order valence-corrected chi connectivity index (χ4v) is 2.56. The van der Waals surface area contributed by atoms with Crippen LogP contribution in [0.3, 0.4) is 0 Å². The maximum absolute atomic E-state index is 8.75. The second kappa shape index (κ2) is 7.70. The van der Waals surface area contributed by atoms with Crippen molar-refractivity contribution >= 4 is 5.84 Å². The smallest absolute Gasteiger partial charge is 0.144 e. The molecule has 1 rings (SSSR count). The van der Waals surface area contributed by atoms with Gasteiger partial charge in [-0.25, -0.2) is 0 Å². The molecule has 0 aromatic heterocycles. The van der Waals surface area contributed by atoms with Crippen molar-refractivity contribution in [3.63, 3.8) is 0 Å². The van der Waals surface area contributed by atoms with Crippen LogP contribution in [0.4, 0.5) is 0 Å². The lowest BCUT2D eigenvalue weighted by Crippen LogP contribution is -2.46. The molecular weight excluding hydrogens is 240 g/mol. The minimum absolute atomic E-state index is 0.210. The van der Waals surface area contributed by atoms with Crippen molar-refractivity contribution in [2.24, 2.45) is 16.3 Å². The van der Waals surface area contributed by atoms with Crippen LogP contribution in [-0.4, -0.2) is 60.1 Å². The van der Waals surface area contributed by atoms with E-state index >= 15 is 0 Å². The molecule has 0 saturated carbocycles. The molecule has 0 bridgehead atoms. The van der Waals surface area contributed by atoms with Gasteiger partial charge in [0.1, 0.15) is 5.84 Å². The van der Waals surface area contributed by atoms with Gasteiger partial charge >= 0.3 is 0 Å². The van der Waals surface area contributed by atoms with Crippen LogP contribution < -0.4 is 5.73 Å². The molecule has 0 amide bonds. The molecule has 0 aromatic carbocycles. The molecule has 0 unspecified atom stereocenters. The summed E-state index contributed by atoms with van der Waals surface area (Å²) in [4.78, 5) is 5.06. The molecule has 1 heterocycles. The Balaban J connectivity index is 2.21. The summed E-state index contributed by atoms with van der Waals surface area (Å²) in [7, 11) is 0. The van der Waals surface area contributed by atoms with Crippen LogP contribution in [0.15, 0.2) is 5.16 Å². The van der Waals surface area contributed by atoms with E-state index in [0.29, 0.717) is 5.84 Å². The number of nitrogens with zero attached hydrogens (tertiary/aromatic N) is 3. The Bertz CT molecular complexity index is 283. The minimum Gasteiger partial charge on any atom is -0.409 e. The summed E-state index contributed by atoms with van der Waals surface area (Å²) in [5, 5.41) is 11.9. The highest BCUT2D eigenvalue weighted by molar-refractivity contribution is 5.85. The summed E-state index contributed by atoms with van der Waals surface area (Å²) in [6.07, 6.45) is 3.29. The molecule has 5 nitrogen and oxygen atoms in total. The van der Waals surface area contributed by atoms with Gasteiger partial charge in [-0.2, -0.15) is 0 Å². The van der Waals surface area contributed by atoms with Gasteiger partial charge in [-0.1, -0.05) is 25.9 Å². The molecule has 1 fully saturated rings. The van der Waals surface area contributed by atoms with Gasteiger partial charge in [-0.3, -0.25) is 0 Å². The van der Waals surface area contributed by atoms with Crippen LogP contribution in [0.25, 0.3) is 0 Å². The first kappa shape index (κ1) is 16.2. The van der Waals surface area contributed by atoms with E-state index < -0.39 is 0 Å². The van der Waals surface area contributed by atoms with Gasteiger partial charge in [0.25, 0.3) is 0 Å². The number of hydrogen-bond donors (Lipinski definition) is 2. The fraction of sp³-hybridized carbons (Fsp3) is 0.929. The van der Waals surface area contributed by atoms with Gasteiger partial charge in [-0.05, 0) is 32.4 Å². The Hall–Kier alpha value is -0.810. The van der Waals surface area contributed by atoms with Crippen molar-refractivity contribution in [1.29, 1.82) is 0 Å². The number of piperazine rings is 1. The van der Waals surface area contributed by atoms with Crippen molar-refractivity contribution in [2.45, 2.75) is 40.0 Å². The predicted octanol–water partition coefficient (Wildman–Crippen LogP) is 1.57. The molecule has 19 heavy (non-hydrogen) atoms. The van der Waals surface area contributed by atoms with E-state index in [2.05, 4.69) is 21.9 Å². The molecule has 0 aromatic rings. The molecule has 0 spiro atoms. The van der Waals surface area contributed by atoms with Gasteiger partial charge in [0.05, 0.1) is 0 Å². The van der Waals surface area contributed by atoms with Crippen molar-refractivity contribution < 1.29 is 5.21 Å². The Kier molecular flexibility index (Phi) is 6.58. The van der Waals surface area contributed by atoms with E-state index in [9.17, 15) is 0 Å². The molecule has 5 heteroatoms. The Morgan fingerprint density at radius 2 is 1.68 bits per heavy atom. The van der Waals surface area contributed by atoms with E-state index in [0.717, 1.165) is 19.4 Å². The summed E-state index contributed by atoms with van der Waals surface area (Å²) in [6, 6.07) is 0. The lowest BCUT2D eigenvalue weighted by Gasteiger charge is -2.35. The third-order valence-electron chi connectivity index (χ3n) is 4.08. The molecular formula is C14H30N4O. The topological polar surface area (TPSA) is 65.1 Å². The number of amidine groups is 1. The van der Waals surface area contributed by atoms with E-state index in [-0.39, 0.29) is 5.41 Å². The highest BCUT2D eigenvalue weighted by atomic mass is 16.4. The first-order valence-electron chi connectivity index (χ1n) is 7.42. The van der Waals surface area contributed by atoms with Gasteiger partial charge in [0, 0.05) is 31.6 Å². The van der Waals surface area contributed by atoms with E-state index in [1.165, 1.54) is 39.1 Å². The fourth-order valence-electron chi connectivity index (χ4n) is 2.56. The SMILES string of the molecule is CCCN1CCN(CCCC(C)(C)C(N)=NO)CC1. The lowest BCUT2D eigenvalue weighted by atomic mass is 9.86. The summed E-state index contributed by atoms with van der Waals surface area (Å²) in [6.45, 7) is 13.4. The van der Waals surface area contributed by atoms with Crippen LogP contribution >= 0.6 is 0 Å². The lowest BCUT2D eigenvalue weighted by molar-refractivity contribution is 0.129. The Labute approximate surface area is 117 Å². The first-order valence-corrected chi connectivity index (χ1v) is 7.42. The highest BCUT2D eigenvalue weighted by Crippen LogP contribution is 2.22. The molecule has 112 valence electrons. The monoisotopic (exact) mass is 270 g/mol. The quantitative estimate of drug-likeness (QED) is 0.319. The van der Waals surface area contributed by atoms with E-state index in [1.807, 2.05) is 13.8 Å². The normalized spacial score (nSPS) is 19.8. The maximum Gasteiger partial charge on any atom is 0.144 e. The predicted molar refractivity (Wildman–Crippen MR) is 79.6 cm³/mol. The highest BCUT2D eigenvalue weighted by Gasteiger charge is 2.24. The van der Waals surface area contributed by atoms with Crippen molar-refractivity contribution in [3.8, 4) is 0 Å². The van der Waals surface area contributed by atoms with Gasteiger partial charge < -0.3 is 20.7 Å². The van der Waals surface area contributed by atoms with Crippen molar-refractivity contribution in [3.05, 3.63) is 0 Å². The zero-order valence-corrected chi connectivity index (χ0v) is 12.7. The molecule has 0 aliphatic carbocycles. The van der Waals surface area contributed by atoms with Gasteiger partial charge in [-0.15, -0.1) is 0 Å². The number of rotatable bonds is 7. The van der Waals surface area contributed by atoms with Gasteiger partial charge in [0.15, 0.2) is 0 Å². The second-order valence-corrected chi connectivity index (χ2v) is 6.16. The largest absolute Gasteiger partial charge is 0.409 e. The Morgan fingerprint density at radius 3 is 2.16 bits per heavy atom. The Morgan fingerprint density at radius 1 is 1.16 bits per heavy atom. The molecule has 1 saturated heterocycles. The number of oxime groups is 1. The summed E-state index contributed by atoms with van der Waals surface area (Å²) in [5.74, 6) is 0.334. The third kappa shape index (κ3) is 5.37. The second-order valence-electron chi connectivity index (χ2n) is 6.16. The van der Waals surface area contributed by atoms with Crippen LogP contribution in [0.5, 0.6) is 0 Å². The molecule has 3 N–H and O–H groups in total. The van der Waals surface area contributed by atoms with Crippen LogP contribution in [0.1, 0.15) is 40.0 Å². The van der Waals surface area contributed by atoms with Gasteiger partial charge in [0.2, 0.25) is 0 Å². The standard InChI is InChI=1S/C14H30N4O/c1-4-7-17-9-11-18(12-10-17)8-5-6-14(2,3)13(15)16-19/h19H,4-12H2,1-3H3,(H2,15,16). The van der Waals surface area contributed by atoms with Crippen LogP contribution in [0, 0.1) is 5.41 Å². The molecule has 1 aliphatic rings. The number of hydrogen-bond acceptors (Lipinski definition) is 4. The maximum atomic E-state index is 8.75. The van der Waals surface area contributed by atoms with Crippen molar-refractivity contribution in [1.82, 2.24) is 9.80 Å². The molecule has 0 atom stereocenters. The van der Waals surface area contributed by atoms with E-state index in [1.54, 1.807) is 0 Å². The zero-order chi connectivity index (χ0) is 14.3. The third-order valence-corrected chi connectivity index (χ3v) is 4.08. The van der Waals surface area contributed by atoms with E-state index in [4.69, 9.17) is 10.9 Å². The van der Waals surface area contributed by atoms with Crippen LogP contribution in [-0.2, 0) is 0 Å². The molecule has 1 aliphatic heterocycles. The average Bonchev–Trinajstić information content (AvgIpc) is 2.40. The summed E-state index contributed by atoms with van der Waals surface area (Å²) in [5.41, 5.74) is 5.49. The molecule has 0 radical (unpaired) electrons. The zero-order valence-electron chi connectivity index (χ0n) is 12.7.